The molecule has 1 aromatic carbocycles. The first-order chi connectivity index (χ1) is 9.88. The number of hydrogen-bond donors (Lipinski definition) is 1. The van der Waals surface area contributed by atoms with Crippen molar-refractivity contribution < 1.29 is 4.42 Å². The summed E-state index contributed by atoms with van der Waals surface area (Å²) in [7, 11) is 0. The molecule has 106 valence electrons. The third-order valence-electron chi connectivity index (χ3n) is 4.03. The van der Waals surface area contributed by atoms with E-state index in [0.29, 0.717) is 0 Å². The fourth-order valence-electron chi connectivity index (χ4n) is 2.88. The molecular formula is C17H22N2O. The molecule has 1 aromatic heterocycles. The maximum Gasteiger partial charge on any atom is 0.125 e. The first-order valence-corrected chi connectivity index (χ1v) is 7.45. The molecule has 0 radical (unpaired) electrons. The van der Waals surface area contributed by atoms with Crippen LogP contribution in [0.1, 0.15) is 29.9 Å². The van der Waals surface area contributed by atoms with E-state index in [0.717, 1.165) is 38.4 Å². The number of aryl methyl sites for hydroxylation is 1. The molecule has 3 rings (SSSR count). The van der Waals surface area contributed by atoms with Crippen molar-refractivity contribution >= 4 is 0 Å². The Morgan fingerprint density at radius 1 is 1.15 bits per heavy atom. The lowest BCUT2D eigenvalue weighted by Crippen LogP contribution is -2.45. The fraction of sp³-hybridized carbons (Fsp3) is 0.412. The number of furan rings is 1. The highest BCUT2D eigenvalue weighted by Gasteiger charge is 2.25. The lowest BCUT2D eigenvalue weighted by atomic mass is 10.00. The molecule has 0 amide bonds. The number of piperazine rings is 1. The zero-order valence-electron chi connectivity index (χ0n) is 12.0. The van der Waals surface area contributed by atoms with E-state index in [-0.39, 0.29) is 6.04 Å². The quantitative estimate of drug-likeness (QED) is 0.926. The van der Waals surface area contributed by atoms with E-state index in [1.54, 1.807) is 6.26 Å². The lowest BCUT2D eigenvalue weighted by Gasteiger charge is -2.34. The number of nitrogens with one attached hydrogen (secondary N) is 1. The van der Waals surface area contributed by atoms with Gasteiger partial charge in [-0.1, -0.05) is 31.2 Å². The number of hydrogen-bond acceptors (Lipinski definition) is 3. The van der Waals surface area contributed by atoms with Crippen LogP contribution in [-0.4, -0.2) is 31.1 Å². The zero-order chi connectivity index (χ0) is 13.8. The Hall–Kier alpha value is -1.58. The molecule has 3 nitrogen and oxygen atoms in total. The average molecular weight is 270 g/mol. The van der Waals surface area contributed by atoms with Crippen molar-refractivity contribution in [3.63, 3.8) is 0 Å². The molecular weight excluding hydrogens is 248 g/mol. The Bertz CT molecular complexity index is 512. The van der Waals surface area contributed by atoms with Gasteiger partial charge < -0.3 is 9.73 Å². The number of rotatable bonds is 4. The van der Waals surface area contributed by atoms with E-state index >= 15 is 0 Å². The third-order valence-corrected chi connectivity index (χ3v) is 4.03. The summed E-state index contributed by atoms with van der Waals surface area (Å²) in [5.74, 6) is 1.04. The van der Waals surface area contributed by atoms with E-state index in [4.69, 9.17) is 4.42 Å². The molecule has 1 atom stereocenters. The minimum absolute atomic E-state index is 0.234. The van der Waals surface area contributed by atoms with Crippen LogP contribution in [0.4, 0.5) is 0 Å². The molecule has 1 unspecified atom stereocenters. The largest absolute Gasteiger partial charge is 0.467 e. The van der Waals surface area contributed by atoms with Gasteiger partial charge in [0.25, 0.3) is 0 Å². The predicted molar refractivity (Wildman–Crippen MR) is 80.8 cm³/mol. The first-order valence-electron chi connectivity index (χ1n) is 7.45. The van der Waals surface area contributed by atoms with Gasteiger partial charge in [0.05, 0.1) is 12.3 Å². The van der Waals surface area contributed by atoms with Crippen molar-refractivity contribution in [1.82, 2.24) is 10.2 Å². The molecule has 3 heteroatoms. The van der Waals surface area contributed by atoms with E-state index in [1.165, 1.54) is 11.1 Å². The normalized spacial score (nSPS) is 18.1. The van der Waals surface area contributed by atoms with Gasteiger partial charge in [-0.15, -0.1) is 0 Å². The van der Waals surface area contributed by atoms with Gasteiger partial charge in [0, 0.05) is 26.2 Å². The van der Waals surface area contributed by atoms with Gasteiger partial charge in [0.1, 0.15) is 5.76 Å². The summed E-state index contributed by atoms with van der Waals surface area (Å²) in [5.41, 5.74) is 2.70. The van der Waals surface area contributed by atoms with Gasteiger partial charge in [-0.2, -0.15) is 0 Å². The molecule has 20 heavy (non-hydrogen) atoms. The fourth-order valence-corrected chi connectivity index (χ4v) is 2.88. The van der Waals surface area contributed by atoms with Gasteiger partial charge in [0.15, 0.2) is 0 Å². The van der Waals surface area contributed by atoms with Crippen molar-refractivity contribution in [3.05, 3.63) is 59.5 Å². The van der Waals surface area contributed by atoms with Crippen LogP contribution < -0.4 is 5.32 Å². The standard InChI is InChI=1S/C17H22N2O/c1-2-14-5-7-15(8-6-14)17(16-4-3-13-20-16)19-11-9-18-10-12-19/h3-8,13,17-18H,2,9-12H2,1H3. The van der Waals surface area contributed by atoms with Gasteiger partial charge in [-0.05, 0) is 29.7 Å². The predicted octanol–water partition coefficient (Wildman–Crippen LogP) is 2.84. The van der Waals surface area contributed by atoms with E-state index in [1.807, 2.05) is 6.07 Å². The van der Waals surface area contributed by atoms with E-state index in [9.17, 15) is 0 Å². The van der Waals surface area contributed by atoms with Crippen LogP contribution >= 0.6 is 0 Å². The van der Waals surface area contributed by atoms with Crippen LogP contribution in [0.25, 0.3) is 0 Å². The third kappa shape index (κ3) is 2.79. The van der Waals surface area contributed by atoms with Crippen molar-refractivity contribution in [3.8, 4) is 0 Å². The van der Waals surface area contributed by atoms with Crippen LogP contribution in [0.3, 0.4) is 0 Å². The first kappa shape index (κ1) is 13.4. The second kappa shape index (κ2) is 6.25. The molecule has 0 bridgehead atoms. The summed E-state index contributed by atoms with van der Waals surface area (Å²) in [6.45, 7) is 6.39. The van der Waals surface area contributed by atoms with Crippen LogP contribution in [-0.2, 0) is 6.42 Å². The van der Waals surface area contributed by atoms with E-state index < -0.39 is 0 Å². The topological polar surface area (TPSA) is 28.4 Å². The monoisotopic (exact) mass is 270 g/mol. The van der Waals surface area contributed by atoms with Crippen molar-refractivity contribution in [2.75, 3.05) is 26.2 Å². The van der Waals surface area contributed by atoms with Crippen LogP contribution in [0.5, 0.6) is 0 Å². The minimum atomic E-state index is 0.234. The Balaban J connectivity index is 1.91. The van der Waals surface area contributed by atoms with Gasteiger partial charge >= 0.3 is 0 Å². The summed E-state index contributed by atoms with van der Waals surface area (Å²) in [6, 6.07) is 13.2. The summed E-state index contributed by atoms with van der Waals surface area (Å²) >= 11 is 0. The van der Waals surface area contributed by atoms with E-state index in [2.05, 4.69) is 47.5 Å². The molecule has 1 saturated heterocycles. The van der Waals surface area contributed by atoms with Crippen molar-refractivity contribution in [1.29, 1.82) is 0 Å². The van der Waals surface area contributed by atoms with Crippen molar-refractivity contribution in [2.45, 2.75) is 19.4 Å². The summed E-state index contributed by atoms with van der Waals surface area (Å²) in [5, 5.41) is 3.41. The van der Waals surface area contributed by atoms with Crippen LogP contribution in [0.15, 0.2) is 47.1 Å². The molecule has 1 aliphatic rings. The Labute approximate surface area is 120 Å². The highest BCUT2D eigenvalue weighted by atomic mass is 16.3. The van der Waals surface area contributed by atoms with Crippen LogP contribution in [0.2, 0.25) is 0 Å². The van der Waals surface area contributed by atoms with Crippen molar-refractivity contribution in [2.24, 2.45) is 0 Å². The zero-order valence-corrected chi connectivity index (χ0v) is 12.0. The molecule has 1 N–H and O–H groups in total. The lowest BCUT2D eigenvalue weighted by molar-refractivity contribution is 0.180. The molecule has 0 aliphatic carbocycles. The molecule has 0 spiro atoms. The maximum absolute atomic E-state index is 5.70. The summed E-state index contributed by atoms with van der Waals surface area (Å²) in [4.78, 5) is 2.50. The Morgan fingerprint density at radius 3 is 2.50 bits per heavy atom. The van der Waals surface area contributed by atoms with Crippen LogP contribution in [0, 0.1) is 0 Å². The molecule has 0 saturated carbocycles. The second-order valence-corrected chi connectivity index (χ2v) is 5.30. The highest BCUT2D eigenvalue weighted by molar-refractivity contribution is 5.30. The van der Waals surface area contributed by atoms with Gasteiger partial charge in [-0.25, -0.2) is 0 Å². The summed E-state index contributed by atoms with van der Waals surface area (Å²) in [6.07, 6.45) is 2.85. The molecule has 2 heterocycles. The molecule has 2 aromatic rings. The summed E-state index contributed by atoms with van der Waals surface area (Å²) < 4.78 is 5.70. The molecule has 1 aliphatic heterocycles. The molecule has 1 fully saturated rings. The SMILES string of the molecule is CCc1ccc(C(c2ccco2)N2CCNCC2)cc1. The Kier molecular flexibility index (Phi) is 4.19. The number of benzene rings is 1. The van der Waals surface area contributed by atoms with Gasteiger partial charge in [0.2, 0.25) is 0 Å². The Morgan fingerprint density at radius 2 is 1.90 bits per heavy atom. The average Bonchev–Trinajstić information content (AvgIpc) is 3.03. The minimum Gasteiger partial charge on any atom is -0.467 e. The maximum atomic E-state index is 5.70. The number of nitrogens with zero attached hydrogens (tertiary/aromatic N) is 1. The second-order valence-electron chi connectivity index (χ2n) is 5.30. The smallest absolute Gasteiger partial charge is 0.125 e. The van der Waals surface area contributed by atoms with Gasteiger partial charge in [-0.3, -0.25) is 4.90 Å². The highest BCUT2D eigenvalue weighted by Crippen LogP contribution is 2.29.